The SMILES string of the molecule is CCCN(c1ccc(C(CC)CC(=O)O)cc1Nc1ccc2nc(C)sc2c1)C1CCOCC1. The van der Waals surface area contributed by atoms with Gasteiger partial charge in [-0.2, -0.15) is 0 Å². The van der Waals surface area contributed by atoms with Crippen molar-refractivity contribution in [3.63, 3.8) is 0 Å². The predicted octanol–water partition coefficient (Wildman–Crippen LogP) is 6.71. The van der Waals surface area contributed by atoms with Crippen molar-refractivity contribution in [2.45, 2.75) is 64.8 Å². The van der Waals surface area contributed by atoms with Crippen molar-refractivity contribution in [1.29, 1.82) is 0 Å². The molecule has 0 bridgehead atoms. The van der Waals surface area contributed by atoms with Gasteiger partial charge < -0.3 is 20.1 Å². The number of aliphatic carboxylic acids is 1. The Morgan fingerprint density at radius 3 is 2.74 bits per heavy atom. The molecule has 0 aliphatic carbocycles. The fourth-order valence-corrected chi connectivity index (χ4v) is 5.74. The highest BCUT2D eigenvalue weighted by atomic mass is 32.1. The summed E-state index contributed by atoms with van der Waals surface area (Å²) in [7, 11) is 0. The highest BCUT2D eigenvalue weighted by Gasteiger charge is 2.24. The fraction of sp³-hybridized carbons (Fsp3) is 0.481. The Kier molecular flexibility index (Phi) is 8.06. The van der Waals surface area contributed by atoms with Crippen LogP contribution in [0, 0.1) is 6.92 Å². The summed E-state index contributed by atoms with van der Waals surface area (Å²) < 4.78 is 6.79. The van der Waals surface area contributed by atoms with E-state index < -0.39 is 5.97 Å². The Labute approximate surface area is 206 Å². The van der Waals surface area contributed by atoms with E-state index in [1.165, 1.54) is 5.69 Å². The molecule has 1 aliphatic heterocycles. The third-order valence-corrected chi connectivity index (χ3v) is 7.52. The Balaban J connectivity index is 1.74. The second kappa shape index (κ2) is 11.2. The third kappa shape index (κ3) is 5.70. The number of nitrogens with zero attached hydrogens (tertiary/aromatic N) is 2. The first-order valence-electron chi connectivity index (χ1n) is 12.3. The van der Waals surface area contributed by atoms with Crippen molar-refractivity contribution >= 4 is 44.6 Å². The highest BCUT2D eigenvalue weighted by Crippen LogP contribution is 2.37. The number of anilines is 3. The van der Waals surface area contributed by atoms with Crippen LogP contribution in [0.15, 0.2) is 36.4 Å². The number of hydrogen-bond donors (Lipinski definition) is 2. The Hall–Kier alpha value is -2.64. The van der Waals surface area contributed by atoms with E-state index in [2.05, 4.69) is 65.4 Å². The monoisotopic (exact) mass is 481 g/mol. The Bertz CT molecular complexity index is 1120. The minimum Gasteiger partial charge on any atom is -0.481 e. The number of carboxylic acids is 1. The Morgan fingerprint density at radius 1 is 1.24 bits per heavy atom. The van der Waals surface area contributed by atoms with E-state index in [-0.39, 0.29) is 12.3 Å². The number of ether oxygens (including phenoxy) is 1. The molecule has 3 aromatic rings. The fourth-order valence-electron chi connectivity index (χ4n) is 4.88. The zero-order chi connectivity index (χ0) is 24.1. The molecule has 2 aromatic carbocycles. The first-order valence-corrected chi connectivity index (χ1v) is 13.1. The zero-order valence-electron chi connectivity index (χ0n) is 20.3. The van der Waals surface area contributed by atoms with Gasteiger partial charge in [-0.15, -0.1) is 11.3 Å². The number of carbonyl (C=O) groups is 1. The van der Waals surface area contributed by atoms with Crippen LogP contribution in [0.4, 0.5) is 17.1 Å². The standard InChI is InChI=1S/C27H35N3O3S/c1-4-12-30(22-10-13-33-14-11-22)25-9-6-20(19(5-2)16-27(31)32)15-24(25)29-21-7-8-23-26(17-21)34-18(3)28-23/h6-9,15,17,19,22,29H,4-5,10-14,16H2,1-3H3,(H,31,32). The highest BCUT2D eigenvalue weighted by molar-refractivity contribution is 7.18. The van der Waals surface area contributed by atoms with Crippen molar-refractivity contribution in [2.75, 3.05) is 30.0 Å². The molecule has 6 nitrogen and oxygen atoms in total. The second-order valence-electron chi connectivity index (χ2n) is 9.06. The molecule has 182 valence electrons. The second-order valence-corrected chi connectivity index (χ2v) is 10.3. The van der Waals surface area contributed by atoms with E-state index >= 15 is 0 Å². The van der Waals surface area contributed by atoms with Gasteiger partial charge in [0.25, 0.3) is 0 Å². The van der Waals surface area contributed by atoms with Crippen LogP contribution in [0.25, 0.3) is 10.2 Å². The maximum atomic E-state index is 11.5. The summed E-state index contributed by atoms with van der Waals surface area (Å²) in [5.41, 5.74) is 5.30. The predicted molar refractivity (Wildman–Crippen MR) is 141 cm³/mol. The number of thiazole rings is 1. The average molecular weight is 482 g/mol. The molecule has 1 aliphatic rings. The number of fused-ring (bicyclic) bond motifs is 1. The van der Waals surface area contributed by atoms with Crippen LogP contribution in [-0.4, -0.2) is 41.9 Å². The third-order valence-electron chi connectivity index (χ3n) is 6.59. The lowest BCUT2D eigenvalue weighted by Crippen LogP contribution is -2.40. The van der Waals surface area contributed by atoms with Gasteiger partial charge in [-0.25, -0.2) is 4.98 Å². The van der Waals surface area contributed by atoms with E-state index in [0.717, 1.165) is 77.6 Å². The molecule has 0 spiro atoms. The number of nitrogens with one attached hydrogen (secondary N) is 1. The molecule has 2 heterocycles. The van der Waals surface area contributed by atoms with Crippen molar-refractivity contribution in [1.82, 2.24) is 4.98 Å². The maximum absolute atomic E-state index is 11.5. The smallest absolute Gasteiger partial charge is 0.303 e. The van der Waals surface area contributed by atoms with Gasteiger partial charge in [0.2, 0.25) is 0 Å². The molecule has 2 N–H and O–H groups in total. The summed E-state index contributed by atoms with van der Waals surface area (Å²) in [4.78, 5) is 18.6. The van der Waals surface area contributed by atoms with Crippen molar-refractivity contribution in [2.24, 2.45) is 0 Å². The molecule has 1 fully saturated rings. The van der Waals surface area contributed by atoms with Crippen LogP contribution in [0.3, 0.4) is 0 Å². The number of aromatic nitrogens is 1. The van der Waals surface area contributed by atoms with Gasteiger partial charge >= 0.3 is 5.97 Å². The first kappa shape index (κ1) is 24.5. The van der Waals surface area contributed by atoms with Gasteiger partial charge in [0.05, 0.1) is 33.0 Å². The lowest BCUT2D eigenvalue weighted by Gasteiger charge is -2.37. The summed E-state index contributed by atoms with van der Waals surface area (Å²) in [5.74, 6) is -0.771. The van der Waals surface area contributed by atoms with Gasteiger partial charge in [-0.1, -0.05) is 19.9 Å². The van der Waals surface area contributed by atoms with Crippen LogP contribution in [0.1, 0.15) is 62.4 Å². The van der Waals surface area contributed by atoms with Crippen molar-refractivity contribution < 1.29 is 14.6 Å². The van der Waals surface area contributed by atoms with Crippen LogP contribution >= 0.6 is 11.3 Å². The quantitative estimate of drug-likeness (QED) is 0.335. The van der Waals surface area contributed by atoms with Gasteiger partial charge in [0, 0.05) is 31.5 Å². The van der Waals surface area contributed by atoms with Crippen LogP contribution in [-0.2, 0) is 9.53 Å². The molecule has 1 atom stereocenters. The molecule has 0 amide bonds. The molecular formula is C27H35N3O3S. The lowest BCUT2D eigenvalue weighted by molar-refractivity contribution is -0.137. The van der Waals surface area contributed by atoms with E-state index in [1.54, 1.807) is 11.3 Å². The summed E-state index contributed by atoms with van der Waals surface area (Å²) in [6.45, 7) is 8.86. The average Bonchev–Trinajstić information content (AvgIpc) is 3.21. The van der Waals surface area contributed by atoms with Crippen LogP contribution in [0.5, 0.6) is 0 Å². The molecular weight excluding hydrogens is 446 g/mol. The summed E-state index contributed by atoms with van der Waals surface area (Å²) in [6.07, 6.45) is 4.02. The number of hydrogen-bond acceptors (Lipinski definition) is 6. The van der Waals surface area contributed by atoms with Crippen LogP contribution in [0.2, 0.25) is 0 Å². The molecule has 1 aromatic heterocycles. The zero-order valence-corrected chi connectivity index (χ0v) is 21.2. The number of rotatable bonds is 10. The topological polar surface area (TPSA) is 74.7 Å². The maximum Gasteiger partial charge on any atom is 0.303 e. The molecule has 1 saturated heterocycles. The van der Waals surface area contributed by atoms with E-state index in [9.17, 15) is 9.90 Å². The molecule has 0 radical (unpaired) electrons. The van der Waals surface area contributed by atoms with Crippen molar-refractivity contribution in [3.8, 4) is 0 Å². The van der Waals surface area contributed by atoms with Gasteiger partial charge in [0.15, 0.2) is 0 Å². The lowest BCUT2D eigenvalue weighted by atomic mass is 9.92. The molecule has 7 heteroatoms. The van der Waals surface area contributed by atoms with E-state index in [1.807, 2.05) is 6.92 Å². The summed E-state index contributed by atoms with van der Waals surface area (Å²) in [5, 5.41) is 14.2. The molecule has 1 unspecified atom stereocenters. The first-order chi connectivity index (χ1) is 16.5. The van der Waals surface area contributed by atoms with Crippen LogP contribution < -0.4 is 10.2 Å². The summed E-state index contributed by atoms with van der Waals surface area (Å²) in [6, 6.07) is 13.2. The van der Waals surface area contributed by atoms with E-state index in [4.69, 9.17) is 4.74 Å². The van der Waals surface area contributed by atoms with Gasteiger partial charge in [0.1, 0.15) is 0 Å². The largest absolute Gasteiger partial charge is 0.481 e. The summed E-state index contributed by atoms with van der Waals surface area (Å²) >= 11 is 1.70. The van der Waals surface area contributed by atoms with Crippen molar-refractivity contribution in [3.05, 3.63) is 47.0 Å². The number of benzene rings is 2. The Morgan fingerprint density at radius 2 is 2.03 bits per heavy atom. The van der Waals surface area contributed by atoms with Gasteiger partial charge in [-0.3, -0.25) is 4.79 Å². The van der Waals surface area contributed by atoms with E-state index in [0.29, 0.717) is 6.04 Å². The minimum absolute atomic E-state index is 0.0126. The molecule has 34 heavy (non-hydrogen) atoms. The molecule has 0 saturated carbocycles. The number of aryl methyl sites for hydroxylation is 1. The van der Waals surface area contributed by atoms with Gasteiger partial charge in [-0.05, 0) is 74.4 Å². The number of carboxylic acid groups (broad SMARTS) is 1. The molecule has 4 rings (SSSR count). The minimum atomic E-state index is -0.758. The normalized spacial score (nSPS) is 15.4.